The average Bonchev–Trinajstić information content (AvgIpc) is 2.50. The Morgan fingerprint density at radius 1 is 1.29 bits per heavy atom. The number of sulfone groups is 1. The number of nitrogens with one attached hydrogen (secondary N) is 2. The topological polar surface area (TPSA) is 79.8 Å². The number of nitrogens with zero attached hydrogens (tertiary/aromatic N) is 1. The Hall–Kier alpha value is -1.67. The molecule has 0 saturated heterocycles. The van der Waals surface area contributed by atoms with Gasteiger partial charge in [-0.1, -0.05) is 12.1 Å². The van der Waals surface area contributed by atoms with Crippen LogP contribution in [0.4, 0.5) is 4.39 Å². The van der Waals surface area contributed by atoms with Crippen LogP contribution in [-0.4, -0.2) is 52.7 Å². The number of aliphatic imine (C=N–C) groups is 1. The fourth-order valence-corrected chi connectivity index (χ4v) is 2.22. The van der Waals surface area contributed by atoms with Gasteiger partial charge in [-0.2, -0.15) is 0 Å². The molecule has 24 heavy (non-hydrogen) atoms. The lowest BCUT2D eigenvalue weighted by Crippen LogP contribution is -2.39. The number of rotatable bonds is 9. The molecular weight excluding hydrogens is 333 g/mol. The number of benzene rings is 1. The van der Waals surface area contributed by atoms with E-state index < -0.39 is 9.84 Å². The highest BCUT2D eigenvalue weighted by Crippen LogP contribution is 2.09. The van der Waals surface area contributed by atoms with Crippen LogP contribution in [0, 0.1) is 12.7 Å². The maximum absolute atomic E-state index is 13.5. The molecule has 0 saturated carbocycles. The lowest BCUT2D eigenvalue weighted by Gasteiger charge is -2.11. The summed E-state index contributed by atoms with van der Waals surface area (Å²) in [6.45, 7) is 5.78. The van der Waals surface area contributed by atoms with E-state index in [1.165, 1.54) is 12.3 Å². The molecule has 1 aromatic rings. The predicted molar refractivity (Wildman–Crippen MR) is 94.5 cm³/mol. The lowest BCUT2D eigenvalue weighted by atomic mass is 10.1. The summed E-state index contributed by atoms with van der Waals surface area (Å²) in [6.07, 6.45) is 1.18. The fourth-order valence-electron chi connectivity index (χ4n) is 1.80. The lowest BCUT2D eigenvalue weighted by molar-refractivity contribution is 0.154. The van der Waals surface area contributed by atoms with Gasteiger partial charge in [-0.25, -0.2) is 17.8 Å². The molecule has 2 N–H and O–H groups in total. The van der Waals surface area contributed by atoms with E-state index in [9.17, 15) is 12.8 Å². The highest BCUT2D eigenvalue weighted by molar-refractivity contribution is 7.90. The maximum Gasteiger partial charge on any atom is 0.191 e. The van der Waals surface area contributed by atoms with E-state index in [4.69, 9.17) is 4.74 Å². The molecule has 0 heterocycles. The van der Waals surface area contributed by atoms with Crippen molar-refractivity contribution in [2.75, 3.05) is 38.3 Å². The minimum absolute atomic E-state index is 0.0140. The molecule has 0 bridgehead atoms. The Morgan fingerprint density at radius 2 is 2.04 bits per heavy atom. The molecule has 0 fully saturated rings. The highest BCUT2D eigenvalue weighted by atomic mass is 32.2. The van der Waals surface area contributed by atoms with E-state index in [0.717, 1.165) is 5.56 Å². The minimum atomic E-state index is -2.99. The zero-order chi connectivity index (χ0) is 18.0. The van der Waals surface area contributed by atoms with Crippen LogP contribution in [-0.2, 0) is 21.1 Å². The van der Waals surface area contributed by atoms with Gasteiger partial charge in [0.2, 0.25) is 0 Å². The van der Waals surface area contributed by atoms with Crippen molar-refractivity contribution in [1.82, 2.24) is 10.6 Å². The zero-order valence-electron chi connectivity index (χ0n) is 14.4. The second kappa shape index (κ2) is 10.2. The Morgan fingerprint density at radius 3 is 2.67 bits per heavy atom. The first kappa shape index (κ1) is 20.4. The molecule has 0 aliphatic heterocycles. The van der Waals surface area contributed by atoms with Crippen LogP contribution in [0.1, 0.15) is 18.1 Å². The molecule has 0 aromatic heterocycles. The zero-order valence-corrected chi connectivity index (χ0v) is 15.2. The normalized spacial score (nSPS) is 12.2. The third kappa shape index (κ3) is 8.83. The summed E-state index contributed by atoms with van der Waals surface area (Å²) in [5, 5.41) is 6.17. The van der Waals surface area contributed by atoms with Crippen molar-refractivity contribution in [3.05, 3.63) is 35.1 Å². The van der Waals surface area contributed by atoms with Crippen LogP contribution < -0.4 is 10.6 Å². The number of hydrogen-bond donors (Lipinski definition) is 2. The number of ether oxygens (including phenoxy) is 1. The highest BCUT2D eigenvalue weighted by Gasteiger charge is 2.02. The first-order valence-corrected chi connectivity index (χ1v) is 9.90. The Labute approximate surface area is 143 Å². The van der Waals surface area contributed by atoms with Crippen LogP contribution in [0.5, 0.6) is 0 Å². The van der Waals surface area contributed by atoms with Crippen molar-refractivity contribution in [2.45, 2.75) is 20.4 Å². The Kier molecular flexibility index (Phi) is 8.70. The molecule has 0 spiro atoms. The molecule has 6 nitrogen and oxygen atoms in total. The summed E-state index contributed by atoms with van der Waals surface area (Å²) in [5.41, 5.74) is 1.40. The predicted octanol–water partition coefficient (Wildman–Crippen LogP) is 1.25. The van der Waals surface area contributed by atoms with E-state index >= 15 is 0 Å². The van der Waals surface area contributed by atoms with Gasteiger partial charge in [0.15, 0.2) is 5.96 Å². The molecule has 0 amide bonds. The molecule has 0 unspecified atom stereocenters. The van der Waals surface area contributed by atoms with Gasteiger partial charge in [0, 0.05) is 19.3 Å². The van der Waals surface area contributed by atoms with Crippen LogP contribution in [0.3, 0.4) is 0 Å². The van der Waals surface area contributed by atoms with Gasteiger partial charge in [0.1, 0.15) is 15.7 Å². The summed E-state index contributed by atoms with van der Waals surface area (Å²) in [6, 6.07) is 5.06. The first-order valence-electron chi connectivity index (χ1n) is 7.84. The van der Waals surface area contributed by atoms with Gasteiger partial charge < -0.3 is 15.4 Å². The minimum Gasteiger partial charge on any atom is -0.379 e. The Balaban J connectivity index is 2.41. The number of halogens is 1. The monoisotopic (exact) mass is 359 g/mol. The molecular formula is C16H26FN3O3S. The van der Waals surface area contributed by atoms with Crippen LogP contribution in [0.2, 0.25) is 0 Å². The second-order valence-corrected chi connectivity index (χ2v) is 7.71. The number of hydrogen-bond acceptors (Lipinski definition) is 4. The van der Waals surface area contributed by atoms with E-state index in [2.05, 4.69) is 15.6 Å². The molecule has 1 aromatic carbocycles. The average molecular weight is 359 g/mol. The van der Waals surface area contributed by atoms with E-state index in [-0.39, 0.29) is 18.2 Å². The summed E-state index contributed by atoms with van der Waals surface area (Å²) in [5.74, 6) is 0.380. The molecule has 0 aliphatic rings. The number of aryl methyl sites for hydroxylation is 1. The SMILES string of the molecule is CCNC(=NCc1ccc(C)c(F)c1)NCCOCCS(C)(=O)=O. The molecule has 136 valence electrons. The smallest absolute Gasteiger partial charge is 0.191 e. The van der Waals surface area contributed by atoms with Crippen molar-refractivity contribution in [1.29, 1.82) is 0 Å². The van der Waals surface area contributed by atoms with Crippen molar-refractivity contribution in [3.63, 3.8) is 0 Å². The molecule has 0 atom stereocenters. The van der Waals surface area contributed by atoms with Gasteiger partial charge >= 0.3 is 0 Å². The van der Waals surface area contributed by atoms with Crippen LogP contribution in [0.15, 0.2) is 23.2 Å². The van der Waals surface area contributed by atoms with Gasteiger partial charge in [0.05, 0.1) is 25.5 Å². The van der Waals surface area contributed by atoms with Crippen molar-refractivity contribution >= 4 is 15.8 Å². The second-order valence-electron chi connectivity index (χ2n) is 5.45. The molecule has 8 heteroatoms. The summed E-state index contributed by atoms with van der Waals surface area (Å²) in [7, 11) is -2.99. The van der Waals surface area contributed by atoms with Crippen LogP contribution >= 0.6 is 0 Å². The van der Waals surface area contributed by atoms with Gasteiger partial charge in [-0.3, -0.25) is 0 Å². The van der Waals surface area contributed by atoms with E-state index in [1.807, 2.05) is 13.0 Å². The largest absolute Gasteiger partial charge is 0.379 e. The van der Waals surface area contributed by atoms with Crippen molar-refractivity contribution in [2.24, 2.45) is 4.99 Å². The quantitative estimate of drug-likeness (QED) is 0.394. The van der Waals surface area contributed by atoms with Crippen molar-refractivity contribution in [3.8, 4) is 0 Å². The molecule has 1 rings (SSSR count). The summed E-state index contributed by atoms with van der Waals surface area (Å²) < 4.78 is 40.7. The maximum atomic E-state index is 13.5. The third-order valence-corrected chi connectivity index (χ3v) is 4.05. The Bertz CT molecular complexity index is 648. The molecule has 0 aliphatic carbocycles. The standard InChI is InChI=1S/C16H26FN3O3S/c1-4-18-16(19-7-8-23-9-10-24(3,21)22)20-12-14-6-5-13(2)15(17)11-14/h5-6,11H,4,7-10,12H2,1-3H3,(H2,18,19,20). The van der Waals surface area contributed by atoms with Crippen molar-refractivity contribution < 1.29 is 17.5 Å². The van der Waals surface area contributed by atoms with Gasteiger partial charge in [0.25, 0.3) is 0 Å². The fraction of sp³-hybridized carbons (Fsp3) is 0.562. The number of guanidine groups is 1. The van der Waals surface area contributed by atoms with Crippen LogP contribution in [0.25, 0.3) is 0 Å². The first-order chi connectivity index (χ1) is 11.3. The molecule has 0 radical (unpaired) electrons. The van der Waals surface area contributed by atoms with E-state index in [0.29, 0.717) is 37.8 Å². The summed E-state index contributed by atoms with van der Waals surface area (Å²) >= 11 is 0. The van der Waals surface area contributed by atoms with Gasteiger partial charge in [-0.05, 0) is 31.0 Å². The van der Waals surface area contributed by atoms with E-state index in [1.54, 1.807) is 13.0 Å². The summed E-state index contributed by atoms with van der Waals surface area (Å²) in [4.78, 5) is 4.39. The third-order valence-electron chi connectivity index (χ3n) is 3.14. The van der Waals surface area contributed by atoms with Gasteiger partial charge in [-0.15, -0.1) is 0 Å².